The van der Waals surface area contributed by atoms with Crippen LogP contribution in [0.4, 0.5) is 0 Å². The normalized spacial score (nSPS) is 12.3. The van der Waals surface area contributed by atoms with E-state index in [1.807, 2.05) is 0 Å². The number of hydrogen-bond acceptors (Lipinski definition) is 1. The fourth-order valence-electron chi connectivity index (χ4n) is 6.09. The van der Waals surface area contributed by atoms with Gasteiger partial charge >= 0.3 is 0 Å². The van der Waals surface area contributed by atoms with E-state index in [0.29, 0.717) is 0 Å². The van der Waals surface area contributed by atoms with Crippen LogP contribution in [0.5, 0.6) is 0 Å². The molecule has 0 unspecified atom stereocenters. The topological polar surface area (TPSA) is 26.1 Å². The van der Waals surface area contributed by atoms with Crippen molar-refractivity contribution in [2.45, 2.75) is 233 Å². The van der Waals surface area contributed by atoms with Gasteiger partial charge in [0.05, 0.1) is 0 Å². The summed E-state index contributed by atoms with van der Waals surface area (Å²) in [7, 11) is 0. The summed E-state index contributed by atoms with van der Waals surface area (Å²) in [6, 6.07) is 0. The molecule has 240 valence electrons. The Morgan fingerprint density at radius 3 is 0.825 bits per heavy atom. The van der Waals surface area contributed by atoms with Crippen LogP contribution in [0.25, 0.3) is 0 Å². The molecule has 0 aromatic carbocycles. The molecular formula is C38H77NO. The summed E-state index contributed by atoms with van der Waals surface area (Å²) >= 11 is 0. The zero-order valence-electron chi connectivity index (χ0n) is 28.4. The lowest BCUT2D eigenvalue weighted by Gasteiger charge is -2.12. The van der Waals surface area contributed by atoms with Gasteiger partial charge in [-0.3, -0.25) is 0 Å². The van der Waals surface area contributed by atoms with Crippen LogP contribution in [0, 0.1) is 5.21 Å². The molecule has 2 nitrogen and oxygen atoms in total. The standard InChI is InChI=1S/C38H77NO/c1-4-7-10-13-16-19-21-23-25-27-30-33-36-38(39(40)37-34-31-28-18-15-12-9-6-3)35-32-29-26-24-22-20-17-14-11-8-5-2/h4-37H2,1-3H3. The maximum Gasteiger partial charge on any atom is 0.163 e. The molecule has 0 bridgehead atoms. The van der Waals surface area contributed by atoms with Gasteiger partial charge in [0.1, 0.15) is 0 Å². The molecule has 2 heteroatoms. The van der Waals surface area contributed by atoms with Crippen molar-refractivity contribution in [2.24, 2.45) is 0 Å². The van der Waals surface area contributed by atoms with Gasteiger partial charge in [-0.25, -0.2) is 4.74 Å². The molecule has 0 fully saturated rings. The molecule has 0 aliphatic carbocycles. The van der Waals surface area contributed by atoms with Crippen LogP contribution in [0.3, 0.4) is 0 Å². The van der Waals surface area contributed by atoms with Crippen LogP contribution in [-0.4, -0.2) is 17.0 Å². The van der Waals surface area contributed by atoms with Crippen molar-refractivity contribution < 1.29 is 4.74 Å². The van der Waals surface area contributed by atoms with E-state index in [-0.39, 0.29) is 0 Å². The largest absolute Gasteiger partial charge is 0.624 e. The van der Waals surface area contributed by atoms with Gasteiger partial charge in [0.25, 0.3) is 0 Å². The molecule has 0 aliphatic rings. The zero-order chi connectivity index (χ0) is 29.2. The van der Waals surface area contributed by atoms with E-state index >= 15 is 0 Å². The van der Waals surface area contributed by atoms with Crippen molar-refractivity contribution in [1.29, 1.82) is 0 Å². The first-order valence-electron chi connectivity index (χ1n) is 19.1. The van der Waals surface area contributed by atoms with Gasteiger partial charge in [0.15, 0.2) is 12.3 Å². The smallest absolute Gasteiger partial charge is 0.163 e. The average Bonchev–Trinajstić information content (AvgIpc) is 2.96. The van der Waals surface area contributed by atoms with E-state index in [4.69, 9.17) is 0 Å². The fourth-order valence-corrected chi connectivity index (χ4v) is 6.09. The summed E-state index contributed by atoms with van der Waals surface area (Å²) in [5, 5.41) is 13.0. The quantitative estimate of drug-likeness (QED) is 0.0251. The number of hydroxylamine groups is 1. The number of nitrogens with zero attached hydrogens (tertiary/aromatic N) is 1. The van der Waals surface area contributed by atoms with Gasteiger partial charge in [-0.15, -0.1) is 0 Å². The predicted octanol–water partition coefficient (Wildman–Crippen LogP) is 13.9. The first kappa shape index (κ1) is 39.5. The van der Waals surface area contributed by atoms with Gasteiger partial charge in [0.2, 0.25) is 0 Å². The second kappa shape index (κ2) is 34.7. The Morgan fingerprint density at radius 1 is 0.325 bits per heavy atom. The maximum absolute atomic E-state index is 13.0. The average molecular weight is 564 g/mol. The second-order valence-corrected chi connectivity index (χ2v) is 13.1. The highest BCUT2D eigenvalue weighted by Gasteiger charge is 2.10. The highest BCUT2D eigenvalue weighted by atomic mass is 16.5. The van der Waals surface area contributed by atoms with Crippen molar-refractivity contribution in [3.63, 3.8) is 0 Å². The monoisotopic (exact) mass is 564 g/mol. The summed E-state index contributed by atoms with van der Waals surface area (Å²) in [5.41, 5.74) is 1.23. The van der Waals surface area contributed by atoms with E-state index < -0.39 is 0 Å². The lowest BCUT2D eigenvalue weighted by atomic mass is 10.0. The van der Waals surface area contributed by atoms with Gasteiger partial charge in [-0.2, -0.15) is 0 Å². The summed E-state index contributed by atoms with van der Waals surface area (Å²) in [6.45, 7) is 7.61. The van der Waals surface area contributed by atoms with Crippen LogP contribution in [0.2, 0.25) is 0 Å². The molecule has 0 heterocycles. The third kappa shape index (κ3) is 30.4. The molecule has 0 saturated heterocycles. The molecule has 0 atom stereocenters. The zero-order valence-corrected chi connectivity index (χ0v) is 28.4. The molecular weight excluding hydrogens is 486 g/mol. The van der Waals surface area contributed by atoms with Crippen molar-refractivity contribution in [1.82, 2.24) is 0 Å². The number of rotatable bonds is 34. The minimum Gasteiger partial charge on any atom is -0.624 e. The molecule has 40 heavy (non-hydrogen) atoms. The van der Waals surface area contributed by atoms with E-state index in [2.05, 4.69) is 20.8 Å². The number of unbranched alkanes of at least 4 members (excludes halogenated alkanes) is 28. The Kier molecular flexibility index (Phi) is 34.2. The summed E-state index contributed by atoms with van der Waals surface area (Å²) in [5.74, 6) is 0. The molecule has 0 radical (unpaired) electrons. The molecule has 0 aromatic rings. The van der Waals surface area contributed by atoms with Crippen molar-refractivity contribution >= 4 is 5.71 Å². The highest BCUT2D eigenvalue weighted by Crippen LogP contribution is 2.16. The molecule has 0 spiro atoms. The van der Waals surface area contributed by atoms with E-state index in [0.717, 1.165) is 25.8 Å². The van der Waals surface area contributed by atoms with Crippen molar-refractivity contribution in [2.75, 3.05) is 6.54 Å². The van der Waals surface area contributed by atoms with Crippen LogP contribution < -0.4 is 0 Å². The minimum atomic E-state index is 0.737. The Balaban J connectivity index is 4.12. The van der Waals surface area contributed by atoms with Crippen LogP contribution in [-0.2, 0) is 0 Å². The minimum absolute atomic E-state index is 0.737. The van der Waals surface area contributed by atoms with Crippen molar-refractivity contribution in [3.8, 4) is 0 Å². The highest BCUT2D eigenvalue weighted by molar-refractivity contribution is 5.79. The Bertz CT molecular complexity index is 500. The van der Waals surface area contributed by atoms with E-state index in [1.54, 1.807) is 0 Å². The second-order valence-electron chi connectivity index (χ2n) is 13.1. The summed E-state index contributed by atoms with van der Waals surface area (Å²) < 4.78 is 1.44. The Labute approximate surface area is 254 Å². The van der Waals surface area contributed by atoms with E-state index in [9.17, 15) is 5.21 Å². The molecule has 0 aliphatic heterocycles. The maximum atomic E-state index is 13.0. The first-order chi connectivity index (χ1) is 19.8. The molecule has 0 N–H and O–H groups in total. The molecule has 0 amide bonds. The van der Waals surface area contributed by atoms with Crippen LogP contribution in [0.1, 0.15) is 233 Å². The first-order valence-corrected chi connectivity index (χ1v) is 19.1. The molecule has 0 saturated carbocycles. The SMILES string of the molecule is CCCCCCCCCCCCCCC(CCCCCCCCCCCCC)=[N+]([O-])CCCCCCCCCC. The summed E-state index contributed by atoms with van der Waals surface area (Å²) in [4.78, 5) is 0. The summed E-state index contributed by atoms with van der Waals surface area (Å²) in [6.07, 6.45) is 44.3. The third-order valence-electron chi connectivity index (χ3n) is 8.96. The number of hydrogen-bond donors (Lipinski definition) is 0. The van der Waals surface area contributed by atoms with Crippen LogP contribution in [0.15, 0.2) is 0 Å². The van der Waals surface area contributed by atoms with Crippen LogP contribution >= 0.6 is 0 Å². The van der Waals surface area contributed by atoms with Gasteiger partial charge in [-0.05, 0) is 19.3 Å². The third-order valence-corrected chi connectivity index (χ3v) is 8.96. The predicted molar refractivity (Wildman–Crippen MR) is 183 cm³/mol. The van der Waals surface area contributed by atoms with Gasteiger partial charge < -0.3 is 5.21 Å². The Morgan fingerprint density at radius 2 is 0.550 bits per heavy atom. The van der Waals surface area contributed by atoms with Gasteiger partial charge in [-0.1, -0.05) is 194 Å². The fraction of sp³-hybridized carbons (Fsp3) is 0.974. The van der Waals surface area contributed by atoms with Gasteiger partial charge in [0, 0.05) is 19.3 Å². The Hall–Kier alpha value is -0.530. The molecule has 0 rings (SSSR count). The molecule has 0 aromatic heterocycles. The lowest BCUT2D eigenvalue weighted by Crippen LogP contribution is -2.17. The van der Waals surface area contributed by atoms with Crippen molar-refractivity contribution in [3.05, 3.63) is 5.21 Å². The van der Waals surface area contributed by atoms with E-state index in [1.165, 1.54) is 203 Å². The lowest BCUT2D eigenvalue weighted by molar-refractivity contribution is -0.461.